The third-order valence-corrected chi connectivity index (χ3v) is 12.8. The normalized spacial score (nSPS) is 10.7. The molecule has 292 valence electrons. The van der Waals surface area contributed by atoms with E-state index in [2.05, 4.69) is 134 Å². The number of benzene rings is 6. The Bertz CT molecular complexity index is 2360. The van der Waals surface area contributed by atoms with Crippen molar-refractivity contribution in [2.45, 2.75) is 72.6 Å². The Hall–Kier alpha value is -3.76. The van der Waals surface area contributed by atoms with Crippen LogP contribution in [0.5, 0.6) is 5.75 Å². The predicted molar refractivity (Wildman–Crippen MR) is 242 cm³/mol. The van der Waals surface area contributed by atoms with Crippen LogP contribution < -0.4 is 34.5 Å². The predicted octanol–water partition coefficient (Wildman–Crippen LogP) is 11.8. The smallest absolute Gasteiger partial charge is 0.665 e. The van der Waals surface area contributed by atoms with E-state index in [1.165, 1.54) is 22.4 Å². The monoisotopic (exact) mass is 921 g/mol. The first kappa shape index (κ1) is 46.9. The quantitative estimate of drug-likeness (QED) is 0.122. The summed E-state index contributed by atoms with van der Waals surface area (Å²) in [6, 6.07) is 54.6. The summed E-state index contributed by atoms with van der Waals surface area (Å²) in [7, 11) is 0. The standard InChI is InChI=1S/C24H16BrO.C12H17N.C10H12.C6H8N.Mo.Na/c25-24-20(17-10-4-1-5-11-17)16-21(26)22(18-12-6-2-7-13-18)23(24)19-14-8-3-9-15-19;1-8(2)10-6-5-7-11(9(3)4)12(10)13;1-10(2,3)9-7-5-4-6-8-9;1-5-3-4-6(2)7-5;;/h1-15,26H;5-9H,1-4H3;1,4-8H,2-3H3;3-4H,1-2H3;;/q-1;;;-1;;+1. The van der Waals surface area contributed by atoms with Gasteiger partial charge in [-0.25, -0.2) is 0 Å². The van der Waals surface area contributed by atoms with Crippen LogP contribution >= 0.6 is 15.9 Å². The van der Waals surface area contributed by atoms with Gasteiger partial charge in [0.25, 0.3) is 0 Å². The third kappa shape index (κ3) is 12.6. The number of rotatable bonds is 8. The Morgan fingerprint density at radius 1 is 0.621 bits per heavy atom. The molecule has 0 bridgehead atoms. The summed E-state index contributed by atoms with van der Waals surface area (Å²) in [6.07, 6.45) is 0. The van der Waals surface area contributed by atoms with Crippen molar-refractivity contribution >= 4 is 26.0 Å². The summed E-state index contributed by atoms with van der Waals surface area (Å²) < 4.78 is 8.51. The van der Waals surface area contributed by atoms with Gasteiger partial charge in [0.05, 0.1) is 0 Å². The van der Waals surface area contributed by atoms with Gasteiger partial charge < -0.3 is 10.1 Å². The first-order chi connectivity index (χ1) is 27.4. The molecule has 3 nitrogen and oxygen atoms in total. The first-order valence-corrected chi connectivity index (χ1v) is 22.3. The van der Waals surface area contributed by atoms with Gasteiger partial charge in [0.2, 0.25) is 0 Å². The molecule has 0 aliphatic rings. The van der Waals surface area contributed by atoms with E-state index in [0.717, 1.165) is 49.2 Å². The summed E-state index contributed by atoms with van der Waals surface area (Å²) >= 11 is 3.24. The summed E-state index contributed by atoms with van der Waals surface area (Å²) in [5.74, 6) is 1.17. The van der Waals surface area contributed by atoms with Crippen LogP contribution in [-0.2, 0) is 23.3 Å². The van der Waals surface area contributed by atoms with Crippen LogP contribution in [0.15, 0.2) is 160 Å². The SMILES string of the molecule is CC(C)c1cccc(C(C)C)c1[N]=[Mo]=[CH]C(C)(C)c1ccccc1.Cc1ccc(C)[n-]1.Oc1[c-]c(-c2ccccc2)c(Br)c(-c2ccccc2)c1-c1ccccc1.[Na+]. The van der Waals surface area contributed by atoms with Crippen LogP contribution in [0.4, 0.5) is 5.69 Å². The Morgan fingerprint density at radius 2 is 1.05 bits per heavy atom. The molecule has 7 rings (SSSR count). The molecule has 0 amide bonds. The fraction of sp³-hybridized carbons (Fsp3) is 0.212. The summed E-state index contributed by atoms with van der Waals surface area (Å²) in [4.78, 5) is 4.11. The molecule has 0 saturated heterocycles. The van der Waals surface area contributed by atoms with Crippen molar-refractivity contribution in [2.24, 2.45) is 3.50 Å². The van der Waals surface area contributed by atoms with Gasteiger partial charge in [-0.1, -0.05) is 144 Å². The molecular formula is C52H53BrMoN2NaO-. The van der Waals surface area contributed by atoms with E-state index in [1.807, 2.05) is 105 Å². The fourth-order valence-corrected chi connectivity index (χ4v) is 9.16. The minimum Gasteiger partial charge on any atom is -0.665 e. The number of phenols is 1. The minimum atomic E-state index is -0.553. The fourth-order valence-electron chi connectivity index (χ4n) is 6.51. The molecule has 0 aliphatic carbocycles. The zero-order valence-corrected chi connectivity index (χ0v) is 40.9. The van der Waals surface area contributed by atoms with Crippen molar-refractivity contribution in [3.63, 3.8) is 0 Å². The van der Waals surface area contributed by atoms with Crippen molar-refractivity contribution in [1.82, 2.24) is 4.98 Å². The maximum atomic E-state index is 10.9. The Kier molecular flexibility index (Phi) is 18.3. The Balaban J connectivity index is 0.000000217. The van der Waals surface area contributed by atoms with Crippen molar-refractivity contribution < 1.29 is 52.6 Å². The van der Waals surface area contributed by atoms with Crippen LogP contribution in [0.2, 0.25) is 0 Å². The van der Waals surface area contributed by atoms with E-state index in [9.17, 15) is 5.11 Å². The molecule has 1 heterocycles. The Labute approximate surface area is 385 Å². The molecule has 0 fully saturated rings. The molecule has 0 radical (unpaired) electrons. The van der Waals surface area contributed by atoms with E-state index in [1.54, 1.807) is 0 Å². The van der Waals surface area contributed by atoms with Crippen molar-refractivity contribution in [2.75, 3.05) is 0 Å². The number of hydrogen-bond acceptors (Lipinski definition) is 2. The molecule has 1 N–H and O–H groups in total. The molecule has 1 aromatic heterocycles. The van der Waals surface area contributed by atoms with Crippen LogP contribution in [0.25, 0.3) is 33.4 Å². The topological polar surface area (TPSA) is 46.7 Å². The second-order valence-corrected chi connectivity index (χ2v) is 17.6. The molecule has 58 heavy (non-hydrogen) atoms. The average molecular weight is 921 g/mol. The number of aromatic nitrogens is 1. The van der Waals surface area contributed by atoms with Gasteiger partial charge in [-0.05, 0) is 11.1 Å². The molecule has 6 aromatic carbocycles. The summed E-state index contributed by atoms with van der Waals surface area (Å²) in [5.41, 5.74) is 13.3. The maximum Gasteiger partial charge on any atom is 1.00 e. The van der Waals surface area contributed by atoms with E-state index in [0.29, 0.717) is 11.8 Å². The molecule has 0 spiro atoms. The Morgan fingerprint density at radius 3 is 1.48 bits per heavy atom. The average Bonchev–Trinajstić information content (AvgIpc) is 3.61. The number of aryl methyl sites for hydroxylation is 2. The number of nitrogens with zero attached hydrogens (tertiary/aromatic N) is 2. The van der Waals surface area contributed by atoms with Gasteiger partial charge in [0.1, 0.15) is 0 Å². The van der Waals surface area contributed by atoms with Gasteiger partial charge in [-0.15, -0.1) is 21.5 Å². The van der Waals surface area contributed by atoms with Crippen LogP contribution in [0.1, 0.15) is 81.5 Å². The number of hydrogen-bond donors (Lipinski definition) is 1. The minimum absolute atomic E-state index is 0. The van der Waals surface area contributed by atoms with Gasteiger partial charge in [0, 0.05) is 5.75 Å². The second-order valence-electron chi connectivity index (χ2n) is 15.2. The van der Waals surface area contributed by atoms with Crippen LogP contribution in [0, 0.1) is 19.9 Å². The van der Waals surface area contributed by atoms with E-state index >= 15 is 0 Å². The molecule has 0 unspecified atom stereocenters. The second kappa shape index (κ2) is 22.6. The van der Waals surface area contributed by atoms with Crippen molar-refractivity contribution in [3.05, 3.63) is 190 Å². The van der Waals surface area contributed by atoms with Crippen molar-refractivity contribution in [3.8, 4) is 39.1 Å². The first-order valence-electron chi connectivity index (χ1n) is 19.5. The van der Waals surface area contributed by atoms with E-state index in [-0.39, 0.29) is 40.7 Å². The number of phenolic OH excluding ortho intramolecular Hbond substituents is 1. The van der Waals surface area contributed by atoms with E-state index < -0.39 is 17.9 Å². The van der Waals surface area contributed by atoms with Crippen LogP contribution in [0.3, 0.4) is 0 Å². The maximum absolute atomic E-state index is 10.9. The molecule has 7 aromatic rings. The summed E-state index contributed by atoms with van der Waals surface area (Å²) in [6.45, 7) is 17.6. The zero-order valence-electron chi connectivity index (χ0n) is 35.3. The third-order valence-electron chi connectivity index (χ3n) is 9.63. The van der Waals surface area contributed by atoms with Gasteiger partial charge in [0.15, 0.2) is 0 Å². The van der Waals surface area contributed by atoms with Gasteiger partial charge in [-0.3, -0.25) is 0 Å². The summed E-state index contributed by atoms with van der Waals surface area (Å²) in [5, 5.41) is 10.9. The van der Waals surface area contributed by atoms with E-state index in [4.69, 9.17) is 3.50 Å². The van der Waals surface area contributed by atoms with Gasteiger partial charge in [-0.2, -0.15) is 11.4 Å². The molecular weight excluding hydrogens is 867 g/mol. The number of aromatic hydroxyl groups is 1. The van der Waals surface area contributed by atoms with Crippen LogP contribution in [-0.4, -0.2) is 9.51 Å². The number of halogens is 1. The molecule has 0 aliphatic heterocycles. The van der Waals surface area contributed by atoms with Crippen molar-refractivity contribution in [1.29, 1.82) is 0 Å². The largest absolute Gasteiger partial charge is 1.00 e. The van der Waals surface area contributed by atoms with Gasteiger partial charge >= 0.3 is 185 Å². The molecule has 6 heteroatoms. The zero-order chi connectivity index (χ0) is 41.0. The molecule has 0 saturated carbocycles. The molecule has 0 atom stereocenters.